The molecule has 4 aromatic rings. The highest BCUT2D eigenvalue weighted by atomic mass is 16.2. The number of pyridine rings is 1. The van der Waals surface area contributed by atoms with Crippen LogP contribution in [-0.2, 0) is 6.42 Å². The monoisotopic (exact) mass is 422 g/mol. The number of carbonyl (C=O) groups excluding carboxylic acids is 3. The average Bonchev–Trinajstić information content (AvgIpc) is 3.37. The van der Waals surface area contributed by atoms with Crippen LogP contribution < -0.4 is 0 Å². The summed E-state index contributed by atoms with van der Waals surface area (Å²) in [5.74, 6) is -0.862. The highest BCUT2D eigenvalue weighted by Crippen LogP contribution is 2.26. The molecule has 0 saturated carbocycles. The molecular formula is C25H18N4O3. The smallest absolute Gasteiger partial charge is 0.261 e. The molecule has 0 N–H and O–H groups in total. The van der Waals surface area contributed by atoms with Crippen molar-refractivity contribution >= 4 is 17.6 Å². The van der Waals surface area contributed by atoms with Gasteiger partial charge in [0.15, 0.2) is 5.78 Å². The van der Waals surface area contributed by atoms with Crippen molar-refractivity contribution in [3.8, 4) is 16.9 Å². The van der Waals surface area contributed by atoms with Gasteiger partial charge in [-0.2, -0.15) is 5.10 Å². The predicted molar refractivity (Wildman–Crippen MR) is 118 cm³/mol. The molecule has 5 rings (SSSR count). The third-order valence-corrected chi connectivity index (χ3v) is 5.49. The van der Waals surface area contributed by atoms with Crippen LogP contribution in [0.25, 0.3) is 16.9 Å². The van der Waals surface area contributed by atoms with E-state index in [0.717, 1.165) is 21.8 Å². The summed E-state index contributed by atoms with van der Waals surface area (Å²) in [6, 6.07) is 20.0. The number of benzene rings is 2. The van der Waals surface area contributed by atoms with Gasteiger partial charge < -0.3 is 0 Å². The normalized spacial score (nSPS) is 12.8. The number of hydrogen-bond acceptors (Lipinski definition) is 5. The molecule has 2 aromatic heterocycles. The van der Waals surface area contributed by atoms with Gasteiger partial charge in [0, 0.05) is 31.4 Å². The molecule has 7 nitrogen and oxygen atoms in total. The van der Waals surface area contributed by atoms with Crippen molar-refractivity contribution < 1.29 is 14.4 Å². The van der Waals surface area contributed by atoms with E-state index in [9.17, 15) is 14.4 Å². The van der Waals surface area contributed by atoms with Crippen molar-refractivity contribution in [2.75, 3.05) is 7.05 Å². The minimum atomic E-state index is -0.354. The number of aromatic nitrogens is 3. The Bertz CT molecular complexity index is 1300. The minimum Gasteiger partial charge on any atom is -0.292 e. The first kappa shape index (κ1) is 19.6. The maximum atomic E-state index is 13.1. The van der Waals surface area contributed by atoms with Gasteiger partial charge in [0.1, 0.15) is 5.69 Å². The Morgan fingerprint density at radius 2 is 1.59 bits per heavy atom. The van der Waals surface area contributed by atoms with E-state index in [-0.39, 0.29) is 24.0 Å². The van der Waals surface area contributed by atoms with E-state index in [1.807, 2.05) is 42.5 Å². The van der Waals surface area contributed by atoms with Crippen LogP contribution in [0.3, 0.4) is 0 Å². The number of ketones is 1. The Hall–Kier alpha value is -4.39. The summed E-state index contributed by atoms with van der Waals surface area (Å²) < 4.78 is 1.74. The van der Waals surface area contributed by atoms with Crippen molar-refractivity contribution in [3.63, 3.8) is 0 Å². The van der Waals surface area contributed by atoms with Crippen LogP contribution >= 0.6 is 0 Å². The van der Waals surface area contributed by atoms with Gasteiger partial charge in [-0.3, -0.25) is 24.3 Å². The summed E-state index contributed by atoms with van der Waals surface area (Å²) in [7, 11) is 1.45. The fraction of sp³-hybridized carbons (Fsp3) is 0.0800. The van der Waals surface area contributed by atoms with Gasteiger partial charge in [0.2, 0.25) is 0 Å². The summed E-state index contributed by atoms with van der Waals surface area (Å²) >= 11 is 0. The molecule has 0 spiro atoms. The molecule has 1 aliphatic heterocycles. The van der Waals surface area contributed by atoms with E-state index in [1.165, 1.54) is 7.05 Å². The molecule has 0 radical (unpaired) electrons. The summed E-state index contributed by atoms with van der Waals surface area (Å²) in [5.41, 5.74) is 4.17. The summed E-state index contributed by atoms with van der Waals surface area (Å²) in [4.78, 5) is 42.6. The van der Waals surface area contributed by atoms with Crippen molar-refractivity contribution in [1.82, 2.24) is 19.7 Å². The lowest BCUT2D eigenvalue weighted by Gasteiger charge is -2.06. The Kier molecular flexibility index (Phi) is 4.71. The molecule has 0 aliphatic carbocycles. The second-order valence-electron chi connectivity index (χ2n) is 7.55. The van der Waals surface area contributed by atoms with Crippen molar-refractivity contribution in [2.45, 2.75) is 6.42 Å². The van der Waals surface area contributed by atoms with Crippen LogP contribution in [0, 0.1) is 0 Å². The standard InChI is InChI=1S/C25H18N4O3/c1-28-24(31)19-8-7-16(13-20(19)25(28)32)14-23(30)21-15-22(17-9-11-26-12-10-17)29(27-21)18-5-3-2-4-6-18/h2-13,15H,14H2,1H3. The van der Waals surface area contributed by atoms with Crippen LogP contribution in [0.4, 0.5) is 0 Å². The molecule has 0 atom stereocenters. The molecular weight excluding hydrogens is 404 g/mol. The summed E-state index contributed by atoms with van der Waals surface area (Å²) in [6.07, 6.45) is 3.46. The van der Waals surface area contributed by atoms with E-state index in [4.69, 9.17) is 0 Å². The number of imide groups is 1. The Balaban J connectivity index is 1.49. The third kappa shape index (κ3) is 3.30. The maximum Gasteiger partial charge on any atom is 0.261 e. The Morgan fingerprint density at radius 3 is 2.34 bits per heavy atom. The molecule has 2 amide bonds. The summed E-state index contributed by atoms with van der Waals surface area (Å²) in [6.45, 7) is 0. The molecule has 2 aromatic carbocycles. The minimum absolute atomic E-state index is 0.0695. The van der Waals surface area contributed by atoms with Gasteiger partial charge in [0.05, 0.1) is 22.5 Å². The first-order valence-electron chi connectivity index (χ1n) is 10.1. The quantitative estimate of drug-likeness (QED) is 0.363. The van der Waals surface area contributed by atoms with Crippen LogP contribution in [0.15, 0.2) is 79.1 Å². The van der Waals surface area contributed by atoms with Gasteiger partial charge in [0.25, 0.3) is 11.8 Å². The van der Waals surface area contributed by atoms with Crippen molar-refractivity contribution in [2.24, 2.45) is 0 Å². The lowest BCUT2D eigenvalue weighted by molar-refractivity contribution is 0.0692. The molecule has 0 bridgehead atoms. The van der Waals surface area contributed by atoms with E-state index >= 15 is 0 Å². The molecule has 0 fully saturated rings. The predicted octanol–water partition coefficient (Wildman–Crippen LogP) is 3.59. The molecule has 1 aliphatic rings. The molecule has 32 heavy (non-hydrogen) atoms. The number of para-hydroxylation sites is 1. The SMILES string of the molecule is CN1C(=O)c2ccc(CC(=O)c3cc(-c4ccncc4)n(-c4ccccc4)n3)cc2C1=O. The van der Waals surface area contributed by atoms with Crippen LogP contribution in [0.1, 0.15) is 36.8 Å². The van der Waals surface area contributed by atoms with Gasteiger partial charge in [-0.15, -0.1) is 0 Å². The number of amides is 2. The van der Waals surface area contributed by atoms with Gasteiger partial charge in [-0.25, -0.2) is 4.68 Å². The summed E-state index contributed by atoms with van der Waals surface area (Å²) in [5, 5.41) is 4.58. The highest BCUT2D eigenvalue weighted by molar-refractivity contribution is 6.21. The molecule has 7 heteroatoms. The average molecular weight is 422 g/mol. The number of rotatable bonds is 5. The van der Waals surface area contributed by atoms with Crippen LogP contribution in [-0.4, -0.2) is 44.3 Å². The number of carbonyl (C=O) groups is 3. The highest BCUT2D eigenvalue weighted by Gasteiger charge is 2.32. The first-order chi connectivity index (χ1) is 15.5. The Labute approximate surface area is 183 Å². The fourth-order valence-electron chi connectivity index (χ4n) is 3.81. The lowest BCUT2D eigenvalue weighted by atomic mass is 10.0. The second kappa shape index (κ2) is 7.70. The molecule has 0 saturated heterocycles. The number of hydrogen-bond donors (Lipinski definition) is 0. The van der Waals surface area contributed by atoms with E-state index < -0.39 is 0 Å². The van der Waals surface area contributed by atoms with Gasteiger partial charge in [-0.05, 0) is 48.0 Å². The molecule has 156 valence electrons. The molecule has 3 heterocycles. The fourth-order valence-corrected chi connectivity index (χ4v) is 3.81. The first-order valence-corrected chi connectivity index (χ1v) is 10.1. The van der Waals surface area contributed by atoms with Crippen molar-refractivity contribution in [1.29, 1.82) is 0 Å². The van der Waals surface area contributed by atoms with E-state index in [0.29, 0.717) is 22.4 Å². The maximum absolute atomic E-state index is 13.1. The zero-order valence-electron chi connectivity index (χ0n) is 17.2. The zero-order chi connectivity index (χ0) is 22.2. The second-order valence-corrected chi connectivity index (χ2v) is 7.55. The van der Waals surface area contributed by atoms with Crippen molar-refractivity contribution in [3.05, 3.63) is 102 Å². The Morgan fingerprint density at radius 1 is 0.875 bits per heavy atom. The van der Waals surface area contributed by atoms with Gasteiger partial charge >= 0.3 is 0 Å². The van der Waals surface area contributed by atoms with E-state index in [2.05, 4.69) is 10.1 Å². The van der Waals surface area contributed by atoms with E-state index in [1.54, 1.807) is 41.3 Å². The van der Waals surface area contributed by atoms with Gasteiger partial charge in [-0.1, -0.05) is 24.3 Å². The van der Waals surface area contributed by atoms with Crippen LogP contribution in [0.5, 0.6) is 0 Å². The molecule has 0 unspecified atom stereocenters. The lowest BCUT2D eigenvalue weighted by Crippen LogP contribution is -2.24. The number of nitrogens with zero attached hydrogens (tertiary/aromatic N) is 4. The zero-order valence-corrected chi connectivity index (χ0v) is 17.2. The largest absolute Gasteiger partial charge is 0.292 e. The number of fused-ring (bicyclic) bond motifs is 1. The number of Topliss-reactive ketones (excluding diaryl/α,β-unsaturated/α-hetero) is 1. The van der Waals surface area contributed by atoms with Crippen LogP contribution in [0.2, 0.25) is 0 Å². The topological polar surface area (TPSA) is 85.2 Å². The third-order valence-electron chi connectivity index (χ3n) is 5.49.